The topological polar surface area (TPSA) is 79.0 Å². The molecule has 3 unspecified atom stereocenters. The highest BCUT2D eigenvalue weighted by molar-refractivity contribution is 7.15. The molecule has 1 aromatic heterocycles. The van der Waals surface area contributed by atoms with Crippen LogP contribution in [-0.4, -0.2) is 85.1 Å². The van der Waals surface area contributed by atoms with Gasteiger partial charge in [0.25, 0.3) is 0 Å². The molecule has 30 heavy (non-hydrogen) atoms. The lowest BCUT2D eigenvalue weighted by Gasteiger charge is -2.35. The molecule has 2 saturated heterocycles. The number of carbonyl (C=O) groups excluding carboxylic acids is 1. The lowest BCUT2D eigenvalue weighted by molar-refractivity contribution is -0.125. The first-order chi connectivity index (χ1) is 14.6. The Kier molecular flexibility index (Phi) is 7.16. The molecule has 0 bridgehead atoms. The van der Waals surface area contributed by atoms with Gasteiger partial charge in [-0.2, -0.15) is 0 Å². The van der Waals surface area contributed by atoms with E-state index in [1.807, 2.05) is 6.20 Å². The van der Waals surface area contributed by atoms with Crippen LogP contribution in [0.25, 0.3) is 0 Å². The molecule has 2 fully saturated rings. The van der Waals surface area contributed by atoms with E-state index in [0.29, 0.717) is 13.1 Å². The molecule has 8 nitrogen and oxygen atoms in total. The number of hydrogen-bond donors (Lipinski definition) is 2. The fourth-order valence-corrected chi connectivity index (χ4v) is 4.85. The number of nitrogens with zero attached hydrogens (tertiary/aromatic N) is 3. The van der Waals surface area contributed by atoms with Crippen molar-refractivity contribution in [2.75, 3.05) is 51.3 Å². The summed E-state index contributed by atoms with van der Waals surface area (Å²) in [5, 5.41) is 7.98. The summed E-state index contributed by atoms with van der Waals surface area (Å²) in [5.41, 5.74) is 1.35. The highest BCUT2D eigenvalue weighted by Crippen LogP contribution is 2.23. The second-order valence-electron chi connectivity index (χ2n) is 8.01. The molecule has 164 valence electrons. The van der Waals surface area contributed by atoms with Gasteiger partial charge < -0.3 is 19.7 Å². The monoisotopic (exact) mass is 433 g/mol. The number of rotatable bonds is 7. The van der Waals surface area contributed by atoms with E-state index in [-0.39, 0.29) is 24.4 Å². The van der Waals surface area contributed by atoms with Crippen LogP contribution in [0.5, 0.6) is 0 Å². The number of nitrogens with one attached hydrogen (secondary N) is 2. The second kappa shape index (κ2) is 10.0. The number of thiazole rings is 1. The van der Waals surface area contributed by atoms with Gasteiger partial charge in [-0.25, -0.2) is 4.98 Å². The Balaban J connectivity index is 1.40. The number of ether oxygens (including phenoxy) is 2. The number of aryl methyl sites for hydroxylation is 1. The van der Waals surface area contributed by atoms with Crippen LogP contribution >= 0.6 is 11.3 Å². The largest absolute Gasteiger partial charge is 0.379 e. The molecular weight excluding hydrogens is 402 g/mol. The van der Waals surface area contributed by atoms with E-state index < -0.39 is 0 Å². The van der Waals surface area contributed by atoms with Gasteiger partial charge in [-0.1, -0.05) is 12.2 Å². The third-order valence-electron chi connectivity index (χ3n) is 5.64. The van der Waals surface area contributed by atoms with Crippen LogP contribution in [0, 0.1) is 6.92 Å². The van der Waals surface area contributed by atoms with Crippen LogP contribution in [0.1, 0.15) is 17.7 Å². The lowest BCUT2D eigenvalue weighted by atomic mass is 10.0. The van der Waals surface area contributed by atoms with Gasteiger partial charge in [-0.05, 0) is 25.5 Å². The summed E-state index contributed by atoms with van der Waals surface area (Å²) in [7, 11) is 0. The summed E-state index contributed by atoms with van der Waals surface area (Å²) >= 11 is 1.66. The summed E-state index contributed by atoms with van der Waals surface area (Å²) in [6, 6.07) is 0. The molecule has 0 saturated carbocycles. The van der Waals surface area contributed by atoms with E-state index in [9.17, 15) is 4.79 Å². The molecule has 3 aliphatic rings. The summed E-state index contributed by atoms with van der Waals surface area (Å²) in [6.45, 7) is 11.4. The van der Waals surface area contributed by atoms with Crippen molar-refractivity contribution in [2.24, 2.45) is 0 Å². The number of aromatic nitrogens is 1. The zero-order valence-corrected chi connectivity index (χ0v) is 18.3. The molecule has 3 atom stereocenters. The maximum Gasteiger partial charge on any atom is 0.246 e. The van der Waals surface area contributed by atoms with Crippen molar-refractivity contribution in [3.05, 3.63) is 35.4 Å². The van der Waals surface area contributed by atoms with Gasteiger partial charge in [0, 0.05) is 50.2 Å². The fraction of sp³-hybridized carbons (Fsp3) is 0.619. The van der Waals surface area contributed by atoms with Gasteiger partial charge in [-0.15, -0.1) is 11.3 Å². The Bertz CT molecular complexity index is 776. The molecular formula is C21H31N5O3S. The second-order valence-corrected chi connectivity index (χ2v) is 9.25. The van der Waals surface area contributed by atoms with E-state index in [4.69, 9.17) is 9.47 Å². The van der Waals surface area contributed by atoms with Gasteiger partial charge in [0.1, 0.15) is 6.23 Å². The Morgan fingerprint density at radius 1 is 1.47 bits per heavy atom. The quantitative estimate of drug-likeness (QED) is 0.499. The van der Waals surface area contributed by atoms with Crippen LogP contribution in [0.4, 0.5) is 5.13 Å². The zero-order valence-electron chi connectivity index (χ0n) is 17.5. The van der Waals surface area contributed by atoms with Crippen LogP contribution in [0.3, 0.4) is 0 Å². The van der Waals surface area contributed by atoms with Crippen molar-refractivity contribution in [1.29, 1.82) is 0 Å². The average molecular weight is 434 g/mol. The maximum atomic E-state index is 11.9. The Morgan fingerprint density at radius 3 is 3.03 bits per heavy atom. The van der Waals surface area contributed by atoms with Gasteiger partial charge in [0.2, 0.25) is 5.91 Å². The standard InChI is InChI=1S/C21H31N5O3S/c1-3-20(27)26-5-4-17(14-26)29-19-11-16(13-25-6-8-28-9-7-25)10-18(23-19)24-21-22-12-15(2)30-21/h3,11-12,17-19,23H,1,4-10,13-14H2,2H3,(H,22,24). The van der Waals surface area contributed by atoms with E-state index in [1.165, 1.54) is 16.5 Å². The number of anilines is 1. The number of amides is 1. The minimum atomic E-state index is -0.197. The molecule has 9 heteroatoms. The van der Waals surface area contributed by atoms with E-state index >= 15 is 0 Å². The summed E-state index contributed by atoms with van der Waals surface area (Å²) < 4.78 is 11.8. The number of morpholine rings is 1. The number of likely N-dealkylation sites (tertiary alicyclic amines) is 1. The average Bonchev–Trinajstić information content (AvgIpc) is 3.37. The number of carbonyl (C=O) groups is 1. The summed E-state index contributed by atoms with van der Waals surface area (Å²) in [5.74, 6) is -0.0278. The molecule has 4 rings (SSSR count). The summed E-state index contributed by atoms with van der Waals surface area (Å²) in [6.07, 6.45) is 7.07. The molecule has 0 aromatic carbocycles. The Morgan fingerprint density at radius 2 is 2.30 bits per heavy atom. The molecule has 3 aliphatic heterocycles. The van der Waals surface area contributed by atoms with Crippen LogP contribution < -0.4 is 10.6 Å². The predicted octanol–water partition coefficient (Wildman–Crippen LogP) is 1.57. The number of hydrogen-bond acceptors (Lipinski definition) is 8. The van der Waals surface area contributed by atoms with Gasteiger partial charge in [0.15, 0.2) is 5.13 Å². The first-order valence-electron chi connectivity index (χ1n) is 10.6. The Hall–Kier alpha value is -1.78. The molecule has 1 amide bonds. The summed E-state index contributed by atoms with van der Waals surface area (Å²) in [4.78, 5) is 21.7. The minimum Gasteiger partial charge on any atom is -0.379 e. The fourth-order valence-electron chi connectivity index (χ4n) is 4.13. The molecule has 0 aliphatic carbocycles. The first-order valence-corrected chi connectivity index (χ1v) is 11.4. The van der Waals surface area contributed by atoms with Crippen molar-refractivity contribution in [2.45, 2.75) is 38.3 Å². The lowest BCUT2D eigenvalue weighted by Crippen LogP contribution is -2.49. The predicted molar refractivity (Wildman–Crippen MR) is 117 cm³/mol. The molecule has 2 N–H and O–H groups in total. The van der Waals surface area contributed by atoms with Crippen LogP contribution in [-0.2, 0) is 14.3 Å². The van der Waals surface area contributed by atoms with Gasteiger partial charge in [0.05, 0.1) is 25.5 Å². The SMILES string of the molecule is C=CC(=O)N1CCC(OC2C=C(CN3CCOCC3)CC(Nc3ncc(C)s3)N2)C1. The van der Waals surface area contributed by atoms with Crippen LogP contribution in [0.2, 0.25) is 0 Å². The van der Waals surface area contributed by atoms with E-state index in [1.54, 1.807) is 16.2 Å². The highest BCUT2D eigenvalue weighted by Gasteiger charge is 2.30. The van der Waals surface area contributed by atoms with E-state index in [0.717, 1.165) is 50.8 Å². The van der Waals surface area contributed by atoms with Gasteiger partial charge >= 0.3 is 0 Å². The smallest absolute Gasteiger partial charge is 0.246 e. The third-order valence-corrected chi connectivity index (χ3v) is 6.48. The van der Waals surface area contributed by atoms with Crippen molar-refractivity contribution in [1.82, 2.24) is 20.1 Å². The molecule has 4 heterocycles. The van der Waals surface area contributed by atoms with Crippen LogP contribution in [0.15, 0.2) is 30.5 Å². The molecule has 0 spiro atoms. The normalized spacial score (nSPS) is 27.7. The third kappa shape index (κ3) is 5.67. The molecule has 0 radical (unpaired) electrons. The molecule has 1 aromatic rings. The minimum absolute atomic E-state index is 0.0214. The van der Waals surface area contributed by atoms with E-state index in [2.05, 4.69) is 40.1 Å². The first kappa shape index (κ1) is 21.5. The van der Waals surface area contributed by atoms with Gasteiger partial charge in [-0.3, -0.25) is 15.0 Å². The highest BCUT2D eigenvalue weighted by atomic mass is 32.1. The zero-order chi connectivity index (χ0) is 20.9. The van der Waals surface area contributed by atoms with Crippen molar-refractivity contribution in [3.63, 3.8) is 0 Å². The van der Waals surface area contributed by atoms with Crippen molar-refractivity contribution >= 4 is 22.4 Å². The van der Waals surface area contributed by atoms with Crippen molar-refractivity contribution in [3.8, 4) is 0 Å². The van der Waals surface area contributed by atoms with Crippen molar-refractivity contribution < 1.29 is 14.3 Å². The maximum absolute atomic E-state index is 11.9. The Labute approximate surface area is 181 Å².